The van der Waals surface area contributed by atoms with Gasteiger partial charge in [-0.15, -0.1) is 0 Å². The van der Waals surface area contributed by atoms with Gasteiger partial charge < -0.3 is 14.2 Å². The van der Waals surface area contributed by atoms with Crippen molar-refractivity contribution >= 4 is 0 Å². The molecular weight excluding hydrogens is 392 g/mol. The van der Waals surface area contributed by atoms with Crippen molar-refractivity contribution in [1.29, 1.82) is 0 Å². The third kappa shape index (κ3) is 5.29. The van der Waals surface area contributed by atoms with Gasteiger partial charge in [-0.05, 0) is 25.0 Å². The van der Waals surface area contributed by atoms with Gasteiger partial charge in [0.2, 0.25) is 0 Å². The minimum atomic E-state index is 0.100. The first-order valence-electron chi connectivity index (χ1n) is 11.8. The minimum absolute atomic E-state index is 0.100. The molecule has 0 bridgehead atoms. The van der Waals surface area contributed by atoms with Crippen LogP contribution in [-0.2, 0) is 9.47 Å². The quantitative estimate of drug-likeness (QED) is 0.647. The molecule has 0 spiro atoms. The summed E-state index contributed by atoms with van der Waals surface area (Å²) >= 11 is 0. The van der Waals surface area contributed by atoms with E-state index >= 15 is 0 Å². The fourth-order valence-corrected chi connectivity index (χ4v) is 4.60. The number of rotatable bonds is 8. The SMILES string of the molecule is c1ccc(-n2cc(OC(CN3CCOCC3)CN3CCOCC3)c(C3CCC3)n2)cc1. The molecule has 0 unspecified atom stereocenters. The first-order chi connectivity index (χ1) is 15.3. The predicted octanol–water partition coefficient (Wildman–Crippen LogP) is 2.55. The number of aromatic nitrogens is 2. The number of hydrogen-bond acceptors (Lipinski definition) is 6. The van der Waals surface area contributed by atoms with E-state index in [-0.39, 0.29) is 6.10 Å². The molecule has 0 atom stereocenters. The van der Waals surface area contributed by atoms with E-state index in [0.29, 0.717) is 5.92 Å². The molecule has 7 nitrogen and oxygen atoms in total. The fourth-order valence-electron chi connectivity index (χ4n) is 4.60. The van der Waals surface area contributed by atoms with E-state index in [4.69, 9.17) is 19.3 Å². The van der Waals surface area contributed by atoms with Crippen molar-refractivity contribution in [3.8, 4) is 11.4 Å². The average Bonchev–Trinajstić information content (AvgIpc) is 3.18. The van der Waals surface area contributed by atoms with Crippen LogP contribution < -0.4 is 4.74 Å². The molecule has 168 valence electrons. The summed E-state index contributed by atoms with van der Waals surface area (Å²) in [5, 5.41) is 4.97. The maximum absolute atomic E-state index is 6.76. The van der Waals surface area contributed by atoms with Crippen molar-refractivity contribution in [2.75, 3.05) is 65.7 Å². The maximum Gasteiger partial charge on any atom is 0.161 e. The highest BCUT2D eigenvalue weighted by Gasteiger charge is 2.29. The van der Waals surface area contributed by atoms with E-state index in [2.05, 4.69) is 40.3 Å². The zero-order valence-electron chi connectivity index (χ0n) is 18.3. The Hall–Kier alpha value is -1.93. The molecule has 2 aromatic rings. The third-order valence-corrected chi connectivity index (χ3v) is 6.64. The Morgan fingerprint density at radius 2 is 1.52 bits per heavy atom. The number of morpholine rings is 2. The summed E-state index contributed by atoms with van der Waals surface area (Å²) in [6.07, 6.45) is 5.89. The lowest BCUT2D eigenvalue weighted by Crippen LogP contribution is -2.49. The van der Waals surface area contributed by atoms with Crippen LogP contribution in [0.4, 0.5) is 0 Å². The molecule has 2 aliphatic heterocycles. The summed E-state index contributed by atoms with van der Waals surface area (Å²) in [5.41, 5.74) is 2.21. The van der Waals surface area contributed by atoms with Crippen molar-refractivity contribution in [3.05, 3.63) is 42.2 Å². The van der Waals surface area contributed by atoms with Crippen molar-refractivity contribution in [3.63, 3.8) is 0 Å². The molecule has 1 aromatic heterocycles. The molecule has 3 fully saturated rings. The lowest BCUT2D eigenvalue weighted by atomic mass is 9.83. The topological polar surface area (TPSA) is 52.0 Å². The predicted molar refractivity (Wildman–Crippen MR) is 119 cm³/mol. The molecule has 1 saturated carbocycles. The molecule has 7 heteroatoms. The van der Waals surface area contributed by atoms with Crippen LogP contribution in [-0.4, -0.2) is 91.4 Å². The van der Waals surface area contributed by atoms with Crippen LogP contribution in [0.15, 0.2) is 36.5 Å². The van der Waals surface area contributed by atoms with E-state index in [1.165, 1.54) is 19.3 Å². The van der Waals surface area contributed by atoms with E-state index < -0.39 is 0 Å². The second-order valence-electron chi connectivity index (χ2n) is 8.85. The van der Waals surface area contributed by atoms with E-state index in [1.54, 1.807) is 0 Å². The van der Waals surface area contributed by atoms with Gasteiger partial charge in [0.05, 0.1) is 38.3 Å². The summed E-state index contributed by atoms with van der Waals surface area (Å²) < 4.78 is 19.9. The Labute approximate surface area is 184 Å². The first kappa shape index (κ1) is 20.9. The Bertz CT molecular complexity index is 791. The van der Waals surface area contributed by atoms with Gasteiger partial charge in [0.25, 0.3) is 0 Å². The van der Waals surface area contributed by atoms with E-state index in [9.17, 15) is 0 Å². The van der Waals surface area contributed by atoms with Crippen LogP contribution >= 0.6 is 0 Å². The Kier molecular flexibility index (Phi) is 6.84. The standard InChI is InChI=1S/C24H34N4O3/c1-2-7-21(8-3-1)28-19-23(24(25-28)20-5-4-6-20)31-22(17-26-9-13-29-14-10-26)18-27-11-15-30-16-12-27/h1-3,7-8,19-20,22H,4-6,9-18H2. The summed E-state index contributed by atoms with van der Waals surface area (Å²) in [4.78, 5) is 4.94. The zero-order chi connectivity index (χ0) is 20.9. The third-order valence-electron chi connectivity index (χ3n) is 6.64. The number of nitrogens with zero attached hydrogens (tertiary/aromatic N) is 4. The highest BCUT2D eigenvalue weighted by molar-refractivity contribution is 5.37. The fraction of sp³-hybridized carbons (Fsp3) is 0.625. The van der Waals surface area contributed by atoms with Crippen molar-refractivity contribution < 1.29 is 14.2 Å². The van der Waals surface area contributed by atoms with Gasteiger partial charge in [0.15, 0.2) is 5.75 Å². The molecule has 0 radical (unpaired) electrons. The Balaban J connectivity index is 1.36. The van der Waals surface area contributed by atoms with E-state index in [0.717, 1.165) is 82.8 Å². The molecule has 5 rings (SSSR count). The number of para-hydroxylation sites is 1. The molecule has 1 aromatic carbocycles. The van der Waals surface area contributed by atoms with Crippen LogP contribution in [0.5, 0.6) is 5.75 Å². The highest BCUT2D eigenvalue weighted by atomic mass is 16.5. The normalized spacial score (nSPS) is 21.3. The summed E-state index contributed by atoms with van der Waals surface area (Å²) in [6, 6.07) is 10.3. The van der Waals surface area contributed by atoms with Crippen LogP contribution in [0.25, 0.3) is 5.69 Å². The van der Waals surface area contributed by atoms with Crippen LogP contribution in [0, 0.1) is 0 Å². The van der Waals surface area contributed by atoms with E-state index in [1.807, 2.05) is 10.7 Å². The molecule has 3 heterocycles. The molecule has 0 amide bonds. The molecule has 2 saturated heterocycles. The zero-order valence-corrected chi connectivity index (χ0v) is 18.3. The molecule has 0 N–H and O–H groups in total. The molecule has 31 heavy (non-hydrogen) atoms. The lowest BCUT2D eigenvalue weighted by molar-refractivity contribution is -0.00543. The molecular formula is C24H34N4O3. The van der Waals surface area contributed by atoms with Gasteiger partial charge in [0.1, 0.15) is 11.8 Å². The average molecular weight is 427 g/mol. The van der Waals surface area contributed by atoms with Gasteiger partial charge in [-0.25, -0.2) is 4.68 Å². The largest absolute Gasteiger partial charge is 0.484 e. The Morgan fingerprint density at radius 1 is 0.903 bits per heavy atom. The number of hydrogen-bond donors (Lipinski definition) is 0. The number of ether oxygens (including phenoxy) is 3. The molecule has 1 aliphatic carbocycles. The van der Waals surface area contributed by atoms with Gasteiger partial charge in [-0.1, -0.05) is 24.6 Å². The molecule has 3 aliphatic rings. The van der Waals surface area contributed by atoms with Crippen molar-refractivity contribution in [1.82, 2.24) is 19.6 Å². The second-order valence-corrected chi connectivity index (χ2v) is 8.85. The Morgan fingerprint density at radius 3 is 2.06 bits per heavy atom. The lowest BCUT2D eigenvalue weighted by Gasteiger charge is -2.35. The van der Waals surface area contributed by atoms with Crippen molar-refractivity contribution in [2.24, 2.45) is 0 Å². The van der Waals surface area contributed by atoms with Crippen LogP contribution in [0.2, 0.25) is 0 Å². The smallest absolute Gasteiger partial charge is 0.161 e. The van der Waals surface area contributed by atoms with Gasteiger partial charge in [-0.2, -0.15) is 5.10 Å². The van der Waals surface area contributed by atoms with Crippen LogP contribution in [0.1, 0.15) is 30.9 Å². The van der Waals surface area contributed by atoms with Gasteiger partial charge >= 0.3 is 0 Å². The number of benzene rings is 1. The summed E-state index contributed by atoms with van der Waals surface area (Å²) in [5.74, 6) is 1.48. The minimum Gasteiger partial charge on any atom is -0.484 e. The van der Waals surface area contributed by atoms with Gasteiger partial charge in [-0.3, -0.25) is 9.80 Å². The van der Waals surface area contributed by atoms with Crippen molar-refractivity contribution in [2.45, 2.75) is 31.3 Å². The summed E-state index contributed by atoms with van der Waals surface area (Å²) in [7, 11) is 0. The maximum atomic E-state index is 6.76. The highest BCUT2D eigenvalue weighted by Crippen LogP contribution is 2.40. The van der Waals surface area contributed by atoms with Crippen LogP contribution in [0.3, 0.4) is 0 Å². The van der Waals surface area contributed by atoms with Gasteiger partial charge in [0, 0.05) is 45.2 Å². The monoisotopic (exact) mass is 426 g/mol. The second kappa shape index (κ2) is 10.1. The first-order valence-corrected chi connectivity index (χ1v) is 11.8. The summed E-state index contributed by atoms with van der Waals surface area (Å²) in [6.45, 7) is 8.97.